The number of amides is 2. The monoisotopic (exact) mass is 402 g/mol. The zero-order valence-corrected chi connectivity index (χ0v) is 15.8. The van der Waals surface area contributed by atoms with Crippen molar-refractivity contribution in [3.8, 4) is 0 Å². The van der Waals surface area contributed by atoms with E-state index in [-0.39, 0.29) is 42.7 Å². The fraction of sp³-hybridized carbons (Fsp3) is 0.312. The summed E-state index contributed by atoms with van der Waals surface area (Å²) in [6.45, 7) is 1.27. The number of piperidine rings is 1. The number of halogens is 2. The molecule has 1 saturated heterocycles. The first-order chi connectivity index (χ1) is 11.1. The van der Waals surface area contributed by atoms with Gasteiger partial charge in [-0.1, -0.05) is 0 Å². The zero-order valence-electron chi connectivity index (χ0n) is 13.4. The van der Waals surface area contributed by atoms with E-state index in [1.165, 1.54) is 11.3 Å². The summed E-state index contributed by atoms with van der Waals surface area (Å²) in [4.78, 5) is 31.1. The van der Waals surface area contributed by atoms with Crippen molar-refractivity contribution in [3.63, 3.8) is 0 Å². The first-order valence-corrected chi connectivity index (χ1v) is 8.37. The smallest absolute Gasteiger partial charge is 0.266 e. The summed E-state index contributed by atoms with van der Waals surface area (Å²) in [7, 11) is 0. The maximum absolute atomic E-state index is 12.7. The predicted octanol–water partition coefficient (Wildman–Crippen LogP) is 2.80. The van der Waals surface area contributed by atoms with Crippen molar-refractivity contribution in [1.82, 2.24) is 9.88 Å². The summed E-state index contributed by atoms with van der Waals surface area (Å²) < 4.78 is 0. The molecule has 0 aliphatic carbocycles. The number of aromatic nitrogens is 1. The van der Waals surface area contributed by atoms with Crippen molar-refractivity contribution in [2.45, 2.75) is 18.9 Å². The van der Waals surface area contributed by atoms with E-state index < -0.39 is 0 Å². The fourth-order valence-electron chi connectivity index (χ4n) is 2.61. The van der Waals surface area contributed by atoms with E-state index in [0.717, 1.165) is 12.8 Å². The molecule has 6 nitrogen and oxygen atoms in total. The summed E-state index contributed by atoms with van der Waals surface area (Å²) >= 11 is 1.33. The first-order valence-electron chi connectivity index (χ1n) is 7.49. The van der Waals surface area contributed by atoms with E-state index in [1.807, 2.05) is 0 Å². The molecule has 3 heterocycles. The van der Waals surface area contributed by atoms with Gasteiger partial charge < -0.3 is 16.0 Å². The van der Waals surface area contributed by atoms with Crippen LogP contribution in [0.15, 0.2) is 36.0 Å². The van der Waals surface area contributed by atoms with E-state index in [0.29, 0.717) is 29.2 Å². The van der Waals surface area contributed by atoms with Crippen molar-refractivity contribution in [3.05, 3.63) is 46.4 Å². The Labute approximate surface area is 162 Å². The Hall–Kier alpha value is -1.67. The molecule has 9 heteroatoms. The highest BCUT2D eigenvalue weighted by molar-refractivity contribution is 7.12. The van der Waals surface area contributed by atoms with Crippen molar-refractivity contribution in [1.29, 1.82) is 0 Å². The Balaban J connectivity index is 0.00000156. The number of rotatable bonds is 3. The Morgan fingerprint density at radius 2 is 1.96 bits per heavy atom. The number of nitrogens with one attached hydrogen (secondary N) is 1. The molecule has 1 fully saturated rings. The summed E-state index contributed by atoms with van der Waals surface area (Å²) in [6.07, 6.45) is 4.98. The van der Waals surface area contributed by atoms with Gasteiger partial charge in [0, 0.05) is 37.1 Å². The van der Waals surface area contributed by atoms with Crippen LogP contribution < -0.4 is 11.1 Å². The minimum absolute atomic E-state index is 0. The molecule has 0 bridgehead atoms. The highest BCUT2D eigenvalue weighted by atomic mass is 35.5. The van der Waals surface area contributed by atoms with Crippen molar-refractivity contribution < 1.29 is 9.59 Å². The average Bonchev–Trinajstić information content (AvgIpc) is 3.03. The summed E-state index contributed by atoms with van der Waals surface area (Å²) in [5.74, 6) is -0.324. The third kappa shape index (κ3) is 5.15. The summed E-state index contributed by atoms with van der Waals surface area (Å²) in [5, 5.41) is 4.61. The lowest BCUT2D eigenvalue weighted by atomic mass is 10.1. The minimum Gasteiger partial charge on any atom is -0.336 e. The van der Waals surface area contributed by atoms with E-state index >= 15 is 0 Å². The van der Waals surface area contributed by atoms with Crippen LogP contribution in [0, 0.1) is 0 Å². The van der Waals surface area contributed by atoms with Gasteiger partial charge in [-0.15, -0.1) is 36.2 Å². The molecule has 0 radical (unpaired) electrons. The van der Waals surface area contributed by atoms with Crippen LogP contribution in [0.4, 0.5) is 5.69 Å². The van der Waals surface area contributed by atoms with Crippen LogP contribution >= 0.6 is 36.2 Å². The largest absolute Gasteiger partial charge is 0.336 e. The molecule has 0 spiro atoms. The van der Waals surface area contributed by atoms with Gasteiger partial charge in [-0.25, -0.2) is 0 Å². The number of carbonyl (C=O) groups is 2. The number of carbonyl (C=O) groups excluding carboxylic acids is 2. The first kappa shape index (κ1) is 21.4. The van der Waals surface area contributed by atoms with E-state index in [2.05, 4.69) is 10.3 Å². The molecule has 3 rings (SSSR count). The quantitative estimate of drug-likeness (QED) is 0.825. The topological polar surface area (TPSA) is 88.3 Å². The molecule has 0 aromatic carbocycles. The molecule has 2 amide bonds. The summed E-state index contributed by atoms with van der Waals surface area (Å²) in [6, 6.07) is 5.04. The number of pyridine rings is 1. The second kappa shape index (κ2) is 9.72. The van der Waals surface area contributed by atoms with Gasteiger partial charge in [0.2, 0.25) is 0 Å². The highest BCUT2D eigenvalue weighted by Crippen LogP contribution is 2.26. The van der Waals surface area contributed by atoms with Gasteiger partial charge in [0.25, 0.3) is 11.8 Å². The third-order valence-corrected chi connectivity index (χ3v) is 4.70. The Morgan fingerprint density at radius 1 is 1.24 bits per heavy atom. The number of nitrogens with two attached hydrogens (primary N) is 1. The van der Waals surface area contributed by atoms with Crippen LogP contribution in [0.5, 0.6) is 0 Å². The van der Waals surface area contributed by atoms with Crippen LogP contribution in [0.25, 0.3) is 0 Å². The maximum Gasteiger partial charge on any atom is 0.266 e. The standard InChI is InChI=1S/C16H18N4O2S.2ClH/c17-12-2-1-8-20(10-12)16(22)14-13(5-9-23-14)19-15(21)11-3-6-18-7-4-11;;/h3-7,9,12H,1-2,8,10,17H2,(H,19,21);2*1H. The van der Waals surface area contributed by atoms with Crippen molar-refractivity contribution in [2.24, 2.45) is 5.73 Å². The van der Waals surface area contributed by atoms with Gasteiger partial charge in [-0.3, -0.25) is 14.6 Å². The summed E-state index contributed by atoms with van der Waals surface area (Å²) in [5.41, 5.74) is 6.99. The predicted molar refractivity (Wildman–Crippen MR) is 104 cm³/mol. The van der Waals surface area contributed by atoms with Gasteiger partial charge in [-0.05, 0) is 36.4 Å². The molecule has 3 N–H and O–H groups in total. The van der Waals surface area contributed by atoms with Gasteiger partial charge in [-0.2, -0.15) is 0 Å². The molecular weight excluding hydrogens is 383 g/mol. The van der Waals surface area contributed by atoms with E-state index in [4.69, 9.17) is 5.73 Å². The number of hydrogen-bond acceptors (Lipinski definition) is 5. The molecule has 2 aromatic heterocycles. The second-order valence-electron chi connectivity index (χ2n) is 5.51. The molecule has 2 aromatic rings. The number of nitrogens with zero attached hydrogens (tertiary/aromatic N) is 2. The van der Waals surface area contributed by atoms with Crippen molar-refractivity contribution >= 4 is 53.7 Å². The number of likely N-dealkylation sites (tertiary alicyclic amines) is 1. The second-order valence-corrected chi connectivity index (χ2v) is 6.42. The Bertz CT molecular complexity index is 711. The lowest BCUT2D eigenvalue weighted by Crippen LogP contribution is -2.45. The lowest BCUT2D eigenvalue weighted by Gasteiger charge is -2.30. The van der Waals surface area contributed by atoms with Crippen LogP contribution in [0.3, 0.4) is 0 Å². The van der Waals surface area contributed by atoms with Crippen molar-refractivity contribution in [2.75, 3.05) is 18.4 Å². The number of hydrogen-bond donors (Lipinski definition) is 2. The van der Waals surface area contributed by atoms with Crippen LogP contribution in [0.1, 0.15) is 32.9 Å². The molecule has 0 saturated carbocycles. The van der Waals surface area contributed by atoms with Gasteiger partial charge >= 0.3 is 0 Å². The molecular formula is C16H20Cl2N4O2S. The number of thiophene rings is 1. The molecule has 1 atom stereocenters. The molecule has 1 aliphatic heterocycles. The van der Waals surface area contributed by atoms with Gasteiger partial charge in [0.05, 0.1) is 5.69 Å². The lowest BCUT2D eigenvalue weighted by molar-refractivity contribution is 0.0714. The normalized spacial score (nSPS) is 16.4. The number of anilines is 1. The minimum atomic E-state index is -0.254. The zero-order chi connectivity index (χ0) is 16.2. The molecule has 1 aliphatic rings. The molecule has 136 valence electrons. The van der Waals surface area contributed by atoms with E-state index in [9.17, 15) is 9.59 Å². The van der Waals surface area contributed by atoms with E-state index in [1.54, 1.807) is 40.9 Å². The SMILES string of the molecule is Cl.Cl.NC1CCCN(C(=O)c2sccc2NC(=O)c2ccncc2)C1. The average molecular weight is 403 g/mol. The molecule has 25 heavy (non-hydrogen) atoms. The van der Waals surface area contributed by atoms with Crippen LogP contribution in [0.2, 0.25) is 0 Å². The van der Waals surface area contributed by atoms with Gasteiger partial charge in [0.1, 0.15) is 4.88 Å². The Morgan fingerprint density at radius 3 is 2.64 bits per heavy atom. The van der Waals surface area contributed by atoms with Crippen LogP contribution in [-0.2, 0) is 0 Å². The third-order valence-electron chi connectivity index (χ3n) is 3.80. The fourth-order valence-corrected chi connectivity index (χ4v) is 3.43. The molecule has 1 unspecified atom stereocenters. The Kier molecular flexibility index (Phi) is 8.31. The maximum atomic E-state index is 12.7. The highest BCUT2D eigenvalue weighted by Gasteiger charge is 2.25. The van der Waals surface area contributed by atoms with Crippen LogP contribution in [-0.4, -0.2) is 40.8 Å². The van der Waals surface area contributed by atoms with Gasteiger partial charge in [0.15, 0.2) is 0 Å².